The third-order valence-corrected chi connectivity index (χ3v) is 10.4. The highest BCUT2D eigenvalue weighted by Gasteiger charge is 2.30. The van der Waals surface area contributed by atoms with Gasteiger partial charge in [0.05, 0.1) is 24.2 Å². The van der Waals surface area contributed by atoms with E-state index < -0.39 is 30.9 Å². The Morgan fingerprint density at radius 1 is 0.750 bits per heavy atom. The summed E-state index contributed by atoms with van der Waals surface area (Å²) in [6, 6.07) is 21.3. The van der Waals surface area contributed by atoms with E-state index in [1.165, 1.54) is 62.5 Å². The predicted octanol–water partition coefficient (Wildman–Crippen LogP) is 8.80. The van der Waals surface area contributed by atoms with Crippen LogP contribution >= 0.6 is 0 Å². The first kappa shape index (κ1) is 44.5. The molecular formula is C46H62O10. The van der Waals surface area contributed by atoms with E-state index in [4.69, 9.17) is 38.6 Å². The molecule has 56 heavy (non-hydrogen) atoms. The van der Waals surface area contributed by atoms with Crippen molar-refractivity contribution >= 4 is 11.9 Å². The lowest BCUT2D eigenvalue weighted by atomic mass is 9.77. The number of aliphatic hydroxyl groups is 2. The summed E-state index contributed by atoms with van der Waals surface area (Å²) in [6.45, 7) is 10.4. The van der Waals surface area contributed by atoms with Crippen molar-refractivity contribution in [3.63, 3.8) is 0 Å². The van der Waals surface area contributed by atoms with E-state index in [2.05, 4.69) is 62.9 Å². The maximum atomic E-state index is 12.6. The Balaban J connectivity index is 1.46. The largest absolute Gasteiger partial charge is 0.490 e. The molecule has 3 aromatic carbocycles. The predicted molar refractivity (Wildman–Crippen MR) is 217 cm³/mol. The number of unbranched alkanes of at least 4 members (excludes halogenated alkanes) is 2. The number of aryl methyl sites for hydroxylation is 1. The maximum absolute atomic E-state index is 12.6. The topological polar surface area (TPSA) is 130 Å². The van der Waals surface area contributed by atoms with E-state index in [1.54, 1.807) is 19.9 Å². The summed E-state index contributed by atoms with van der Waals surface area (Å²) in [6.07, 6.45) is 11.5. The molecule has 1 aliphatic rings. The van der Waals surface area contributed by atoms with Gasteiger partial charge in [0.1, 0.15) is 51.5 Å². The van der Waals surface area contributed by atoms with Gasteiger partial charge in [0.25, 0.3) is 0 Å². The van der Waals surface area contributed by atoms with Crippen molar-refractivity contribution < 1.29 is 48.2 Å². The number of esters is 2. The van der Waals surface area contributed by atoms with Crippen LogP contribution in [-0.2, 0) is 35.0 Å². The summed E-state index contributed by atoms with van der Waals surface area (Å²) in [5.41, 5.74) is 6.02. The first-order chi connectivity index (χ1) is 27.1. The Morgan fingerprint density at radius 3 is 2.02 bits per heavy atom. The van der Waals surface area contributed by atoms with Gasteiger partial charge in [-0.25, -0.2) is 4.79 Å². The molecule has 0 unspecified atom stereocenters. The number of aliphatic hydroxyl groups excluding tert-OH is 2. The van der Waals surface area contributed by atoms with Crippen LogP contribution in [0.3, 0.4) is 0 Å². The number of hydrogen-bond donors (Lipinski definition) is 2. The molecule has 306 valence electrons. The van der Waals surface area contributed by atoms with Gasteiger partial charge in [-0.15, -0.1) is 0 Å². The van der Waals surface area contributed by atoms with E-state index in [0.29, 0.717) is 17.4 Å². The summed E-state index contributed by atoms with van der Waals surface area (Å²) in [7, 11) is 0. The van der Waals surface area contributed by atoms with Crippen molar-refractivity contribution in [3.8, 4) is 33.8 Å². The number of carbonyl (C=O) groups excluding carboxylic acids is 2. The van der Waals surface area contributed by atoms with Gasteiger partial charge in [0, 0.05) is 6.07 Å². The van der Waals surface area contributed by atoms with Crippen molar-refractivity contribution in [2.45, 2.75) is 91.4 Å². The maximum Gasteiger partial charge on any atom is 0.335 e. The first-order valence-corrected chi connectivity index (χ1v) is 20.1. The van der Waals surface area contributed by atoms with E-state index in [0.717, 1.165) is 34.6 Å². The molecule has 0 spiro atoms. The molecule has 2 N–H and O–H groups in total. The van der Waals surface area contributed by atoms with Crippen LogP contribution in [0.15, 0.2) is 72.8 Å². The lowest BCUT2D eigenvalue weighted by Gasteiger charge is -2.29. The molecule has 0 radical (unpaired) electrons. The summed E-state index contributed by atoms with van der Waals surface area (Å²) in [5, 5.41) is 17.8. The van der Waals surface area contributed by atoms with Crippen LogP contribution in [0, 0.1) is 11.3 Å². The highest BCUT2D eigenvalue weighted by Crippen LogP contribution is 2.39. The molecule has 3 aromatic rings. The highest BCUT2D eigenvalue weighted by molar-refractivity contribution is 5.88. The third kappa shape index (κ3) is 13.8. The molecule has 1 fully saturated rings. The summed E-state index contributed by atoms with van der Waals surface area (Å²) >= 11 is 0. The fourth-order valence-corrected chi connectivity index (χ4v) is 7.13. The molecular weight excluding hydrogens is 712 g/mol. The first-order valence-electron chi connectivity index (χ1n) is 20.1. The fourth-order valence-electron chi connectivity index (χ4n) is 7.13. The van der Waals surface area contributed by atoms with Gasteiger partial charge in [-0.1, -0.05) is 88.6 Å². The van der Waals surface area contributed by atoms with Gasteiger partial charge in [-0.05, 0) is 103 Å². The van der Waals surface area contributed by atoms with Crippen LogP contribution in [-0.4, -0.2) is 75.4 Å². The smallest absolute Gasteiger partial charge is 0.335 e. The Bertz CT molecular complexity index is 1670. The van der Waals surface area contributed by atoms with Crippen LogP contribution in [0.1, 0.15) is 96.1 Å². The van der Waals surface area contributed by atoms with E-state index in [-0.39, 0.29) is 45.2 Å². The van der Waals surface area contributed by atoms with Gasteiger partial charge < -0.3 is 38.6 Å². The fraction of sp³-hybridized carbons (Fsp3) is 0.522. The summed E-state index contributed by atoms with van der Waals surface area (Å²) in [4.78, 5) is 24.8. The van der Waals surface area contributed by atoms with E-state index in [1.807, 2.05) is 12.1 Å². The number of hydrogen-bond acceptors (Lipinski definition) is 10. The van der Waals surface area contributed by atoms with Gasteiger partial charge >= 0.3 is 11.9 Å². The SMILES string of the molecule is C=C(COCO)C(=O)OCCOc1cc(OCCOC(=O)C(C)(C)COCO)cc(-c2ccc(-c3ccc(C4CCC(CCCCC)CC4)cc3)cc2CC)c1. The minimum absolute atomic E-state index is 0.00957. The quantitative estimate of drug-likeness (QED) is 0.0394. The second-order valence-electron chi connectivity index (χ2n) is 15.2. The molecule has 0 aliphatic heterocycles. The second kappa shape index (κ2) is 23.1. The molecule has 1 aliphatic carbocycles. The van der Waals surface area contributed by atoms with E-state index >= 15 is 0 Å². The molecule has 10 nitrogen and oxygen atoms in total. The molecule has 0 bridgehead atoms. The lowest BCUT2D eigenvalue weighted by molar-refractivity contribution is -0.160. The van der Waals surface area contributed by atoms with Crippen LogP contribution in [0.2, 0.25) is 0 Å². The minimum Gasteiger partial charge on any atom is -0.490 e. The van der Waals surface area contributed by atoms with Gasteiger partial charge in [0.15, 0.2) is 0 Å². The molecule has 10 heteroatoms. The molecule has 0 aromatic heterocycles. The normalized spacial score (nSPS) is 15.6. The zero-order chi connectivity index (χ0) is 40.3. The van der Waals surface area contributed by atoms with Gasteiger partial charge in [0.2, 0.25) is 0 Å². The third-order valence-electron chi connectivity index (χ3n) is 10.4. The zero-order valence-electron chi connectivity index (χ0n) is 33.8. The van der Waals surface area contributed by atoms with Crippen LogP contribution in [0.5, 0.6) is 11.5 Å². The molecule has 0 atom stereocenters. The van der Waals surface area contributed by atoms with Crippen molar-refractivity contribution in [2.24, 2.45) is 11.3 Å². The minimum atomic E-state index is -0.928. The standard InChI is InChI=1S/C46H62O10/c1-6-8-9-10-34-11-13-36(14-12-34)37-15-17-38(18-16-37)39-19-20-43(35(7-2)25-39)40-26-41(53-21-23-55-44(49)33(3)29-51-31-47)28-42(27-40)54-22-24-56-45(50)46(4,5)30-52-32-48/h15-20,25-28,34,36,47-48H,3,6-14,21-24,29-32H2,1-2,4-5H3. The second-order valence-corrected chi connectivity index (χ2v) is 15.2. The Hall–Kier alpha value is -4.22. The Labute approximate surface area is 333 Å². The molecule has 0 heterocycles. The Morgan fingerprint density at radius 2 is 1.39 bits per heavy atom. The van der Waals surface area contributed by atoms with Crippen molar-refractivity contribution in [2.75, 3.05) is 53.2 Å². The van der Waals surface area contributed by atoms with Crippen molar-refractivity contribution in [1.29, 1.82) is 0 Å². The summed E-state index contributed by atoms with van der Waals surface area (Å²) in [5.74, 6) is 1.47. The van der Waals surface area contributed by atoms with Crippen LogP contribution in [0.25, 0.3) is 22.3 Å². The molecule has 0 amide bonds. The van der Waals surface area contributed by atoms with Crippen LogP contribution in [0.4, 0.5) is 0 Å². The average molecular weight is 775 g/mol. The monoisotopic (exact) mass is 774 g/mol. The van der Waals surface area contributed by atoms with Crippen LogP contribution < -0.4 is 9.47 Å². The molecule has 4 rings (SSSR count). The van der Waals surface area contributed by atoms with Gasteiger partial charge in [-0.3, -0.25) is 4.79 Å². The molecule has 1 saturated carbocycles. The Kier molecular flexibility index (Phi) is 18.4. The zero-order valence-corrected chi connectivity index (χ0v) is 33.8. The van der Waals surface area contributed by atoms with Crippen molar-refractivity contribution in [3.05, 3.63) is 83.9 Å². The van der Waals surface area contributed by atoms with Crippen molar-refractivity contribution in [1.82, 2.24) is 0 Å². The molecule has 0 saturated heterocycles. The average Bonchev–Trinajstić information content (AvgIpc) is 3.22. The number of carbonyl (C=O) groups is 2. The number of ether oxygens (including phenoxy) is 6. The summed E-state index contributed by atoms with van der Waals surface area (Å²) < 4.78 is 32.6. The highest BCUT2D eigenvalue weighted by atomic mass is 16.6. The van der Waals surface area contributed by atoms with E-state index in [9.17, 15) is 9.59 Å². The number of rotatable bonds is 24. The van der Waals surface area contributed by atoms with Gasteiger partial charge in [-0.2, -0.15) is 0 Å². The lowest BCUT2D eigenvalue weighted by Crippen LogP contribution is -2.32. The number of benzene rings is 3.